The van der Waals surface area contributed by atoms with Gasteiger partial charge in [0.1, 0.15) is 6.61 Å². The molecule has 2 aromatic rings. The van der Waals surface area contributed by atoms with E-state index in [1.54, 1.807) is 4.90 Å². The number of amides is 1. The first-order chi connectivity index (χ1) is 12.1. The Morgan fingerprint density at radius 1 is 1.00 bits per heavy atom. The van der Waals surface area contributed by atoms with Gasteiger partial charge in [0.2, 0.25) is 0 Å². The summed E-state index contributed by atoms with van der Waals surface area (Å²) in [4.78, 5) is 25.6. The van der Waals surface area contributed by atoms with Crippen LogP contribution in [0.25, 0.3) is 0 Å². The van der Waals surface area contributed by atoms with Crippen molar-refractivity contribution in [3.63, 3.8) is 0 Å². The van der Waals surface area contributed by atoms with Crippen LogP contribution in [-0.2, 0) is 22.6 Å². The lowest BCUT2D eigenvalue weighted by Crippen LogP contribution is -2.41. The molecule has 1 N–H and O–H groups in total. The number of carbonyl (C=O) groups excluding carboxylic acids is 1. The molecular formula is C20H21NO4. The van der Waals surface area contributed by atoms with Gasteiger partial charge in [0, 0.05) is 6.54 Å². The van der Waals surface area contributed by atoms with Crippen LogP contribution in [0.1, 0.15) is 17.5 Å². The third-order valence-corrected chi connectivity index (χ3v) is 4.59. The molecule has 0 aromatic heterocycles. The molecule has 5 nitrogen and oxygen atoms in total. The molecule has 2 aromatic carbocycles. The summed E-state index contributed by atoms with van der Waals surface area (Å²) in [7, 11) is 0. The van der Waals surface area contributed by atoms with E-state index in [1.165, 1.54) is 0 Å². The van der Waals surface area contributed by atoms with E-state index < -0.39 is 18.0 Å². The first kappa shape index (κ1) is 17.0. The molecule has 1 amide bonds. The molecule has 1 saturated heterocycles. The molecule has 25 heavy (non-hydrogen) atoms. The van der Waals surface area contributed by atoms with Gasteiger partial charge < -0.3 is 14.7 Å². The van der Waals surface area contributed by atoms with Crippen molar-refractivity contribution in [3.8, 4) is 0 Å². The molecule has 1 aliphatic heterocycles. The van der Waals surface area contributed by atoms with E-state index in [1.807, 2.05) is 60.7 Å². The number of likely N-dealkylation sites (tertiary alicyclic amines) is 1. The van der Waals surface area contributed by atoms with Crippen LogP contribution in [0.15, 0.2) is 60.7 Å². The zero-order chi connectivity index (χ0) is 17.6. The number of rotatable bonds is 5. The number of carboxylic acid groups (broad SMARTS) is 1. The summed E-state index contributed by atoms with van der Waals surface area (Å²) >= 11 is 0. The first-order valence-electron chi connectivity index (χ1n) is 8.39. The highest BCUT2D eigenvalue weighted by molar-refractivity contribution is 5.75. The summed E-state index contributed by atoms with van der Waals surface area (Å²) in [6, 6.07) is 18.7. The Bertz CT molecular complexity index is 717. The summed E-state index contributed by atoms with van der Waals surface area (Å²) in [5.41, 5.74) is 1.92. The van der Waals surface area contributed by atoms with E-state index in [2.05, 4.69) is 0 Å². The number of nitrogens with zero attached hydrogens (tertiary/aromatic N) is 1. The maximum atomic E-state index is 12.5. The fourth-order valence-corrected chi connectivity index (χ4v) is 3.28. The maximum absolute atomic E-state index is 12.5. The molecule has 0 radical (unpaired) electrons. The Balaban J connectivity index is 1.69. The fourth-order valence-electron chi connectivity index (χ4n) is 3.28. The topological polar surface area (TPSA) is 66.8 Å². The lowest BCUT2D eigenvalue weighted by atomic mass is 9.94. The third kappa shape index (κ3) is 4.18. The molecule has 0 spiro atoms. The van der Waals surface area contributed by atoms with Crippen molar-refractivity contribution in [1.29, 1.82) is 0 Å². The number of carboxylic acids is 1. The lowest BCUT2D eigenvalue weighted by molar-refractivity contribution is -0.142. The standard InChI is InChI=1S/C20H21NO4/c22-19(23)17-11-12-21(18(17)13-15-7-3-1-4-8-15)20(24)25-14-16-9-5-2-6-10-16/h1-10,17-18H,11-14H2,(H,22,23). The predicted octanol–water partition coefficient (Wildman–Crippen LogP) is 3.34. The average Bonchev–Trinajstić information content (AvgIpc) is 3.05. The Morgan fingerprint density at radius 3 is 2.20 bits per heavy atom. The largest absolute Gasteiger partial charge is 0.481 e. The van der Waals surface area contributed by atoms with Crippen LogP contribution in [0, 0.1) is 5.92 Å². The van der Waals surface area contributed by atoms with Crippen molar-refractivity contribution in [2.45, 2.75) is 25.5 Å². The van der Waals surface area contributed by atoms with Gasteiger partial charge in [0.15, 0.2) is 0 Å². The SMILES string of the molecule is O=C(O)C1CCN(C(=O)OCc2ccccc2)C1Cc1ccccc1. The molecule has 2 atom stereocenters. The van der Waals surface area contributed by atoms with E-state index in [0.717, 1.165) is 11.1 Å². The molecule has 130 valence electrons. The van der Waals surface area contributed by atoms with Gasteiger partial charge in [-0.05, 0) is 24.0 Å². The Morgan fingerprint density at radius 2 is 1.60 bits per heavy atom. The van der Waals surface area contributed by atoms with Gasteiger partial charge in [-0.25, -0.2) is 4.79 Å². The zero-order valence-corrected chi connectivity index (χ0v) is 13.9. The van der Waals surface area contributed by atoms with Crippen molar-refractivity contribution in [2.75, 3.05) is 6.54 Å². The van der Waals surface area contributed by atoms with Crippen molar-refractivity contribution in [2.24, 2.45) is 5.92 Å². The second-order valence-corrected chi connectivity index (χ2v) is 6.22. The highest BCUT2D eigenvalue weighted by Crippen LogP contribution is 2.28. The van der Waals surface area contributed by atoms with E-state index in [-0.39, 0.29) is 12.6 Å². The van der Waals surface area contributed by atoms with Crippen LogP contribution in [0.3, 0.4) is 0 Å². The Hall–Kier alpha value is -2.82. The van der Waals surface area contributed by atoms with Gasteiger partial charge in [-0.15, -0.1) is 0 Å². The average molecular weight is 339 g/mol. The van der Waals surface area contributed by atoms with Gasteiger partial charge >= 0.3 is 12.1 Å². The normalized spacial score (nSPS) is 19.6. The van der Waals surface area contributed by atoms with Crippen molar-refractivity contribution >= 4 is 12.1 Å². The monoisotopic (exact) mass is 339 g/mol. The number of hydrogen-bond acceptors (Lipinski definition) is 3. The zero-order valence-electron chi connectivity index (χ0n) is 13.9. The minimum absolute atomic E-state index is 0.186. The number of carbonyl (C=O) groups is 2. The minimum atomic E-state index is -0.862. The van der Waals surface area contributed by atoms with Gasteiger partial charge in [0.25, 0.3) is 0 Å². The van der Waals surface area contributed by atoms with Crippen LogP contribution in [0.4, 0.5) is 4.79 Å². The molecule has 1 fully saturated rings. The van der Waals surface area contributed by atoms with E-state index in [9.17, 15) is 14.7 Å². The number of benzene rings is 2. The van der Waals surface area contributed by atoms with Gasteiger partial charge in [0.05, 0.1) is 12.0 Å². The number of hydrogen-bond donors (Lipinski definition) is 1. The van der Waals surface area contributed by atoms with Crippen LogP contribution < -0.4 is 0 Å². The maximum Gasteiger partial charge on any atom is 0.410 e. The molecule has 1 heterocycles. The van der Waals surface area contributed by atoms with E-state index in [0.29, 0.717) is 19.4 Å². The van der Waals surface area contributed by atoms with Crippen LogP contribution >= 0.6 is 0 Å². The summed E-state index contributed by atoms with van der Waals surface area (Å²) < 4.78 is 5.40. The highest BCUT2D eigenvalue weighted by Gasteiger charge is 2.41. The molecule has 0 saturated carbocycles. The first-order valence-corrected chi connectivity index (χ1v) is 8.39. The van der Waals surface area contributed by atoms with Crippen molar-refractivity contribution in [1.82, 2.24) is 4.90 Å². The van der Waals surface area contributed by atoms with Crippen molar-refractivity contribution < 1.29 is 19.4 Å². The fraction of sp³-hybridized carbons (Fsp3) is 0.300. The molecule has 3 rings (SSSR count). The second-order valence-electron chi connectivity index (χ2n) is 6.22. The summed E-state index contributed by atoms with van der Waals surface area (Å²) in [6.45, 7) is 0.591. The number of aliphatic carboxylic acids is 1. The summed E-state index contributed by atoms with van der Waals surface area (Å²) in [6.07, 6.45) is 0.513. The molecular weight excluding hydrogens is 318 g/mol. The molecule has 5 heteroatoms. The van der Waals surface area contributed by atoms with E-state index in [4.69, 9.17) is 4.74 Å². The Kier molecular flexibility index (Phi) is 5.33. The van der Waals surface area contributed by atoms with Gasteiger partial charge in [-0.1, -0.05) is 60.7 Å². The number of ether oxygens (including phenoxy) is 1. The van der Waals surface area contributed by atoms with Gasteiger partial charge in [-0.2, -0.15) is 0 Å². The van der Waals surface area contributed by atoms with Gasteiger partial charge in [-0.3, -0.25) is 4.79 Å². The summed E-state index contributed by atoms with van der Waals surface area (Å²) in [5, 5.41) is 9.49. The lowest BCUT2D eigenvalue weighted by Gasteiger charge is -2.26. The molecule has 1 aliphatic rings. The summed E-state index contributed by atoms with van der Waals surface area (Å²) in [5.74, 6) is -1.43. The van der Waals surface area contributed by atoms with Crippen molar-refractivity contribution in [3.05, 3.63) is 71.8 Å². The Labute approximate surface area is 146 Å². The predicted molar refractivity (Wildman–Crippen MR) is 93.0 cm³/mol. The smallest absolute Gasteiger partial charge is 0.410 e. The molecule has 0 aliphatic carbocycles. The minimum Gasteiger partial charge on any atom is -0.481 e. The molecule has 0 bridgehead atoms. The van der Waals surface area contributed by atoms with Crippen LogP contribution in [-0.4, -0.2) is 34.7 Å². The highest BCUT2D eigenvalue weighted by atomic mass is 16.6. The van der Waals surface area contributed by atoms with Crippen LogP contribution in [0.2, 0.25) is 0 Å². The second kappa shape index (κ2) is 7.83. The van der Waals surface area contributed by atoms with E-state index >= 15 is 0 Å². The molecule has 2 unspecified atom stereocenters. The quantitative estimate of drug-likeness (QED) is 0.907. The third-order valence-electron chi connectivity index (χ3n) is 4.59. The van der Waals surface area contributed by atoms with Crippen LogP contribution in [0.5, 0.6) is 0 Å².